The number of aliphatic hydroxyl groups is 1. The van der Waals surface area contributed by atoms with E-state index in [1.165, 1.54) is 18.3 Å². The van der Waals surface area contributed by atoms with Crippen LogP contribution in [0.4, 0.5) is 8.78 Å². The highest BCUT2D eigenvalue weighted by atomic mass is 19.1. The molecule has 1 aromatic heterocycles. The van der Waals surface area contributed by atoms with Crippen LogP contribution < -0.4 is 4.74 Å². The summed E-state index contributed by atoms with van der Waals surface area (Å²) in [7, 11) is 0. The highest BCUT2D eigenvalue weighted by Gasteiger charge is 2.41. The second kappa shape index (κ2) is 5.83. The molecule has 24 heavy (non-hydrogen) atoms. The van der Waals surface area contributed by atoms with Gasteiger partial charge in [0, 0.05) is 17.6 Å². The quantitative estimate of drug-likeness (QED) is 0.772. The summed E-state index contributed by atoms with van der Waals surface area (Å²) < 4.78 is 33.7. The zero-order valence-corrected chi connectivity index (χ0v) is 12.7. The Morgan fingerprint density at radius 1 is 1.12 bits per heavy atom. The van der Waals surface area contributed by atoms with E-state index in [-0.39, 0.29) is 29.8 Å². The summed E-state index contributed by atoms with van der Waals surface area (Å²) in [5.74, 6) is 0.141. The minimum Gasteiger partial charge on any atom is -0.455 e. The fraction of sp³-hybridized carbons (Fsp3) is 0.211. The zero-order valence-electron chi connectivity index (χ0n) is 12.7. The molecular weight excluding hydrogens is 312 g/mol. The van der Waals surface area contributed by atoms with Crippen molar-refractivity contribution in [1.82, 2.24) is 4.98 Å². The van der Waals surface area contributed by atoms with Crippen molar-refractivity contribution in [3.63, 3.8) is 0 Å². The van der Waals surface area contributed by atoms with Crippen molar-refractivity contribution in [3.8, 4) is 11.5 Å². The molecule has 3 nitrogen and oxygen atoms in total. The van der Waals surface area contributed by atoms with E-state index >= 15 is 0 Å². The Labute approximate surface area is 137 Å². The number of fused-ring (bicyclic) bond motifs is 1. The van der Waals surface area contributed by atoms with Crippen LogP contribution in [0.3, 0.4) is 0 Å². The third kappa shape index (κ3) is 2.61. The SMILES string of the molecule is OCC1CC1c1c(F)cccc1Oc1cnc2c(F)cccc2c1. The number of para-hydroxylation sites is 1. The molecule has 2 atom stereocenters. The lowest BCUT2D eigenvalue weighted by Crippen LogP contribution is -1.97. The molecule has 0 spiro atoms. The Morgan fingerprint density at radius 2 is 1.92 bits per heavy atom. The standard InChI is InChI=1S/C19H15F2NO2/c20-15-4-2-6-17(18(15)14-8-12(14)10-23)24-13-7-11-3-1-5-16(21)19(11)22-9-13/h1-7,9,12,14,23H,8,10H2. The van der Waals surface area contributed by atoms with Gasteiger partial charge in [-0.2, -0.15) is 0 Å². The summed E-state index contributed by atoms with van der Waals surface area (Å²) >= 11 is 0. The summed E-state index contributed by atoms with van der Waals surface area (Å²) in [6.07, 6.45) is 2.17. The van der Waals surface area contributed by atoms with Crippen LogP contribution in [0.15, 0.2) is 48.7 Å². The normalized spacial score (nSPS) is 19.5. The topological polar surface area (TPSA) is 42.4 Å². The van der Waals surface area contributed by atoms with Crippen LogP contribution in [0.5, 0.6) is 11.5 Å². The molecule has 1 N–H and O–H groups in total. The molecule has 1 saturated carbocycles. The van der Waals surface area contributed by atoms with Gasteiger partial charge in [0.2, 0.25) is 0 Å². The number of pyridine rings is 1. The summed E-state index contributed by atoms with van der Waals surface area (Å²) in [6.45, 7) is 0.0370. The number of hydrogen-bond donors (Lipinski definition) is 1. The van der Waals surface area contributed by atoms with Crippen molar-refractivity contribution in [2.24, 2.45) is 5.92 Å². The van der Waals surface area contributed by atoms with E-state index < -0.39 is 5.82 Å². The number of hydrogen-bond acceptors (Lipinski definition) is 3. The fourth-order valence-electron chi connectivity index (χ4n) is 3.06. The molecule has 5 heteroatoms. The van der Waals surface area contributed by atoms with Crippen LogP contribution in [0.25, 0.3) is 10.9 Å². The fourth-order valence-corrected chi connectivity index (χ4v) is 3.06. The van der Waals surface area contributed by atoms with Crippen molar-refractivity contribution < 1.29 is 18.6 Å². The molecule has 3 aromatic rings. The third-order valence-corrected chi connectivity index (χ3v) is 4.41. The molecule has 2 aromatic carbocycles. The van der Waals surface area contributed by atoms with E-state index in [9.17, 15) is 13.9 Å². The Morgan fingerprint density at radius 3 is 2.71 bits per heavy atom. The second-order valence-electron chi connectivity index (χ2n) is 6.02. The summed E-state index contributed by atoms with van der Waals surface area (Å²) in [4.78, 5) is 4.09. The summed E-state index contributed by atoms with van der Waals surface area (Å²) in [5.41, 5.74) is 0.753. The molecule has 4 rings (SSSR count). The highest BCUT2D eigenvalue weighted by molar-refractivity contribution is 5.80. The number of aromatic nitrogens is 1. The van der Waals surface area contributed by atoms with Crippen molar-refractivity contribution in [1.29, 1.82) is 0 Å². The number of halogens is 2. The van der Waals surface area contributed by atoms with Gasteiger partial charge in [-0.25, -0.2) is 13.8 Å². The van der Waals surface area contributed by atoms with Crippen LogP contribution in [0.2, 0.25) is 0 Å². The molecule has 0 radical (unpaired) electrons. The lowest BCUT2D eigenvalue weighted by molar-refractivity contribution is 0.273. The van der Waals surface area contributed by atoms with E-state index in [1.54, 1.807) is 30.3 Å². The molecule has 122 valence electrons. The van der Waals surface area contributed by atoms with Gasteiger partial charge in [0.1, 0.15) is 28.7 Å². The summed E-state index contributed by atoms with van der Waals surface area (Å²) in [5, 5.41) is 9.86. The first kappa shape index (κ1) is 15.0. The molecule has 1 fully saturated rings. The minimum atomic E-state index is -0.394. The first-order valence-electron chi connectivity index (χ1n) is 7.79. The van der Waals surface area contributed by atoms with Crippen molar-refractivity contribution in [3.05, 3.63) is 65.9 Å². The van der Waals surface area contributed by atoms with E-state index in [0.29, 0.717) is 22.4 Å². The number of aliphatic hydroxyl groups excluding tert-OH is 1. The van der Waals surface area contributed by atoms with E-state index in [4.69, 9.17) is 4.74 Å². The van der Waals surface area contributed by atoms with Crippen LogP contribution in [-0.2, 0) is 0 Å². The van der Waals surface area contributed by atoms with E-state index in [1.807, 2.05) is 0 Å². The molecular formula is C19H15F2NO2. The molecule has 1 aliphatic rings. The maximum Gasteiger partial charge on any atom is 0.149 e. The lowest BCUT2D eigenvalue weighted by atomic mass is 10.1. The molecule has 0 amide bonds. The Balaban J connectivity index is 1.70. The predicted molar refractivity (Wildman–Crippen MR) is 86.1 cm³/mol. The van der Waals surface area contributed by atoms with Crippen LogP contribution >= 0.6 is 0 Å². The average molecular weight is 327 g/mol. The zero-order chi connectivity index (χ0) is 16.7. The molecule has 2 unspecified atom stereocenters. The van der Waals surface area contributed by atoms with Gasteiger partial charge in [-0.1, -0.05) is 18.2 Å². The largest absolute Gasteiger partial charge is 0.455 e. The van der Waals surface area contributed by atoms with E-state index in [0.717, 1.165) is 6.42 Å². The number of rotatable bonds is 4. The Kier molecular flexibility index (Phi) is 3.65. The molecule has 0 saturated heterocycles. The number of ether oxygens (including phenoxy) is 1. The molecule has 0 aliphatic heterocycles. The third-order valence-electron chi connectivity index (χ3n) is 4.41. The van der Waals surface area contributed by atoms with Gasteiger partial charge in [-0.15, -0.1) is 0 Å². The summed E-state index contributed by atoms with van der Waals surface area (Å²) in [6, 6.07) is 11.0. The van der Waals surface area contributed by atoms with Gasteiger partial charge in [-0.05, 0) is 42.5 Å². The van der Waals surface area contributed by atoms with Crippen molar-refractivity contribution in [2.75, 3.05) is 6.61 Å². The highest BCUT2D eigenvalue weighted by Crippen LogP contribution is 2.51. The minimum absolute atomic E-state index is 0.0305. The van der Waals surface area contributed by atoms with Gasteiger partial charge < -0.3 is 9.84 Å². The smallest absolute Gasteiger partial charge is 0.149 e. The van der Waals surface area contributed by atoms with Gasteiger partial charge >= 0.3 is 0 Å². The maximum absolute atomic E-state index is 14.2. The lowest BCUT2D eigenvalue weighted by Gasteiger charge is -2.12. The molecule has 1 heterocycles. The Hall–Kier alpha value is -2.53. The molecule has 1 aliphatic carbocycles. The van der Waals surface area contributed by atoms with Crippen LogP contribution in [0.1, 0.15) is 17.9 Å². The van der Waals surface area contributed by atoms with Crippen molar-refractivity contribution in [2.45, 2.75) is 12.3 Å². The predicted octanol–water partition coefficient (Wildman–Crippen LogP) is 4.40. The monoisotopic (exact) mass is 327 g/mol. The van der Waals surface area contributed by atoms with E-state index in [2.05, 4.69) is 4.98 Å². The first-order chi connectivity index (χ1) is 11.7. The van der Waals surface area contributed by atoms with Gasteiger partial charge in [0.05, 0.1) is 6.20 Å². The number of nitrogens with zero attached hydrogens (tertiary/aromatic N) is 1. The van der Waals surface area contributed by atoms with Crippen LogP contribution in [0, 0.1) is 17.6 Å². The van der Waals surface area contributed by atoms with Crippen molar-refractivity contribution >= 4 is 10.9 Å². The molecule has 0 bridgehead atoms. The second-order valence-corrected chi connectivity index (χ2v) is 6.02. The van der Waals surface area contributed by atoms with Gasteiger partial charge in [0.15, 0.2) is 0 Å². The average Bonchev–Trinajstić information content (AvgIpc) is 3.34. The maximum atomic E-state index is 14.2. The van der Waals surface area contributed by atoms with Gasteiger partial charge in [-0.3, -0.25) is 0 Å². The van der Waals surface area contributed by atoms with Crippen LogP contribution in [-0.4, -0.2) is 16.7 Å². The van der Waals surface area contributed by atoms with Gasteiger partial charge in [0.25, 0.3) is 0 Å². The first-order valence-corrected chi connectivity index (χ1v) is 7.79. The Bertz CT molecular complexity index is 913. The number of benzene rings is 2.